The maximum atomic E-state index is 5.53. The summed E-state index contributed by atoms with van der Waals surface area (Å²) in [4.78, 5) is 0. The molecule has 2 N–H and O–H groups in total. The lowest BCUT2D eigenvalue weighted by Crippen LogP contribution is -1.80. The molecule has 0 amide bonds. The quantitative estimate of drug-likeness (QED) is 0.579. The Morgan fingerprint density at radius 1 is 1.00 bits per heavy atom. The second kappa shape index (κ2) is 3.74. The van der Waals surface area contributed by atoms with Gasteiger partial charge in [0.15, 0.2) is 0 Å². The minimum Gasteiger partial charge on any atom is -0.445 e. The third kappa shape index (κ3) is 1.98. The zero-order chi connectivity index (χ0) is 9.80. The molecule has 0 atom stereocenters. The van der Waals surface area contributed by atoms with Crippen LogP contribution >= 0.6 is 0 Å². The van der Waals surface area contributed by atoms with Crippen LogP contribution in [0.4, 0.5) is 17.3 Å². The van der Waals surface area contributed by atoms with Crippen LogP contribution < -0.4 is 5.73 Å². The molecule has 1 aromatic carbocycles. The van der Waals surface area contributed by atoms with Crippen molar-refractivity contribution in [3.8, 4) is 0 Å². The summed E-state index contributed by atoms with van der Waals surface area (Å²) in [6, 6.07) is 10.6. The SMILES string of the molecule is Nc1ccc(N=Nc2ccco2)cc1. The fraction of sp³-hybridized carbons (Fsp3) is 0. The van der Waals surface area contributed by atoms with Crippen LogP contribution in [0, 0.1) is 0 Å². The smallest absolute Gasteiger partial charge is 0.238 e. The van der Waals surface area contributed by atoms with Gasteiger partial charge in [0.05, 0.1) is 12.0 Å². The molecule has 0 unspecified atom stereocenters. The molecular weight excluding hydrogens is 178 g/mol. The number of rotatable bonds is 2. The Labute approximate surface area is 81.1 Å². The van der Waals surface area contributed by atoms with Crippen molar-refractivity contribution >= 4 is 17.3 Å². The Hall–Kier alpha value is -2.10. The van der Waals surface area contributed by atoms with Crippen LogP contribution in [0.2, 0.25) is 0 Å². The molecule has 0 bridgehead atoms. The van der Waals surface area contributed by atoms with Gasteiger partial charge < -0.3 is 10.2 Å². The number of furan rings is 1. The fourth-order valence-corrected chi connectivity index (χ4v) is 0.975. The summed E-state index contributed by atoms with van der Waals surface area (Å²) in [6.45, 7) is 0. The predicted molar refractivity (Wildman–Crippen MR) is 53.7 cm³/mol. The lowest BCUT2D eigenvalue weighted by atomic mass is 10.3. The van der Waals surface area contributed by atoms with Gasteiger partial charge in [-0.25, -0.2) is 0 Å². The summed E-state index contributed by atoms with van der Waals surface area (Å²) < 4.78 is 4.99. The average Bonchev–Trinajstić information content (AvgIpc) is 2.70. The number of azo groups is 1. The molecule has 2 aromatic rings. The van der Waals surface area contributed by atoms with Gasteiger partial charge in [0, 0.05) is 11.8 Å². The molecule has 0 saturated heterocycles. The summed E-state index contributed by atoms with van der Waals surface area (Å²) >= 11 is 0. The molecule has 0 aliphatic rings. The first-order chi connectivity index (χ1) is 6.84. The number of hydrogen-bond donors (Lipinski definition) is 1. The second-order valence-electron chi connectivity index (χ2n) is 2.74. The first-order valence-corrected chi connectivity index (χ1v) is 4.15. The van der Waals surface area contributed by atoms with Gasteiger partial charge in [-0.05, 0) is 30.3 Å². The van der Waals surface area contributed by atoms with E-state index >= 15 is 0 Å². The summed E-state index contributed by atoms with van der Waals surface area (Å²) in [5.41, 5.74) is 6.98. The number of nitrogens with two attached hydrogens (primary N) is 1. The standard InChI is InChI=1S/C10H9N3O/c11-8-3-5-9(6-4-8)12-13-10-2-1-7-14-10/h1-7H,11H2. The van der Waals surface area contributed by atoms with E-state index in [1.54, 1.807) is 42.7 Å². The van der Waals surface area contributed by atoms with Crippen LogP contribution in [0.15, 0.2) is 57.3 Å². The van der Waals surface area contributed by atoms with Crippen molar-refractivity contribution in [3.63, 3.8) is 0 Å². The van der Waals surface area contributed by atoms with Crippen molar-refractivity contribution in [1.82, 2.24) is 0 Å². The minimum absolute atomic E-state index is 0.488. The highest BCUT2D eigenvalue weighted by atomic mass is 16.3. The Kier molecular flexibility index (Phi) is 2.27. The molecule has 0 aliphatic carbocycles. The van der Waals surface area contributed by atoms with E-state index in [1.807, 2.05) is 0 Å². The predicted octanol–water partition coefficient (Wildman–Crippen LogP) is 3.28. The second-order valence-corrected chi connectivity index (χ2v) is 2.74. The average molecular weight is 187 g/mol. The van der Waals surface area contributed by atoms with E-state index in [4.69, 9.17) is 10.2 Å². The van der Waals surface area contributed by atoms with Gasteiger partial charge in [0.2, 0.25) is 5.88 Å². The normalized spacial score (nSPS) is 10.9. The summed E-state index contributed by atoms with van der Waals surface area (Å²) in [5.74, 6) is 0.488. The molecule has 0 radical (unpaired) electrons. The third-order valence-corrected chi connectivity index (χ3v) is 1.66. The molecule has 0 spiro atoms. The first kappa shape index (κ1) is 8.50. The number of benzene rings is 1. The summed E-state index contributed by atoms with van der Waals surface area (Å²) in [7, 11) is 0. The van der Waals surface area contributed by atoms with Crippen molar-refractivity contribution in [1.29, 1.82) is 0 Å². The van der Waals surface area contributed by atoms with Crippen molar-refractivity contribution in [2.75, 3.05) is 5.73 Å². The maximum absolute atomic E-state index is 5.53. The summed E-state index contributed by atoms with van der Waals surface area (Å²) in [5, 5.41) is 7.85. The van der Waals surface area contributed by atoms with Crippen molar-refractivity contribution in [2.24, 2.45) is 10.2 Å². The van der Waals surface area contributed by atoms with Gasteiger partial charge in [-0.15, -0.1) is 10.2 Å². The number of hydrogen-bond acceptors (Lipinski definition) is 4. The maximum Gasteiger partial charge on any atom is 0.238 e. The van der Waals surface area contributed by atoms with Gasteiger partial charge in [-0.3, -0.25) is 0 Å². The van der Waals surface area contributed by atoms with Crippen molar-refractivity contribution in [2.45, 2.75) is 0 Å². The summed E-state index contributed by atoms with van der Waals surface area (Å²) in [6.07, 6.45) is 1.55. The largest absolute Gasteiger partial charge is 0.445 e. The van der Waals surface area contributed by atoms with Crippen LogP contribution in [-0.4, -0.2) is 0 Å². The lowest BCUT2D eigenvalue weighted by molar-refractivity contribution is 0.572. The van der Waals surface area contributed by atoms with Gasteiger partial charge in [-0.1, -0.05) is 0 Å². The molecule has 70 valence electrons. The molecule has 0 fully saturated rings. The Morgan fingerprint density at radius 3 is 2.43 bits per heavy atom. The Bertz CT molecular complexity index is 417. The van der Waals surface area contributed by atoms with E-state index in [1.165, 1.54) is 0 Å². The Balaban J connectivity index is 2.15. The van der Waals surface area contributed by atoms with E-state index in [0.717, 1.165) is 5.69 Å². The monoisotopic (exact) mass is 187 g/mol. The van der Waals surface area contributed by atoms with Gasteiger partial charge >= 0.3 is 0 Å². The van der Waals surface area contributed by atoms with Crippen LogP contribution in [0.3, 0.4) is 0 Å². The van der Waals surface area contributed by atoms with Crippen molar-refractivity contribution < 1.29 is 4.42 Å². The molecule has 1 aromatic heterocycles. The Morgan fingerprint density at radius 2 is 1.79 bits per heavy atom. The van der Waals surface area contributed by atoms with Gasteiger partial charge in [-0.2, -0.15) is 0 Å². The number of anilines is 1. The van der Waals surface area contributed by atoms with Crippen molar-refractivity contribution in [3.05, 3.63) is 42.7 Å². The van der Waals surface area contributed by atoms with Gasteiger partial charge in [0.1, 0.15) is 0 Å². The van der Waals surface area contributed by atoms with Crippen LogP contribution in [0.1, 0.15) is 0 Å². The zero-order valence-corrected chi connectivity index (χ0v) is 7.42. The molecule has 0 saturated carbocycles. The number of nitrogens with zero attached hydrogens (tertiary/aromatic N) is 2. The van der Waals surface area contributed by atoms with E-state index in [2.05, 4.69) is 10.2 Å². The highest BCUT2D eigenvalue weighted by Gasteiger charge is 1.91. The highest BCUT2D eigenvalue weighted by molar-refractivity contribution is 5.47. The molecule has 2 rings (SSSR count). The minimum atomic E-state index is 0.488. The molecule has 0 aliphatic heterocycles. The molecule has 4 heteroatoms. The topological polar surface area (TPSA) is 63.9 Å². The highest BCUT2D eigenvalue weighted by Crippen LogP contribution is 2.18. The van der Waals surface area contributed by atoms with Gasteiger partial charge in [0.25, 0.3) is 0 Å². The van der Waals surface area contributed by atoms with Crippen LogP contribution in [0.5, 0.6) is 0 Å². The molecule has 4 nitrogen and oxygen atoms in total. The molecule has 14 heavy (non-hydrogen) atoms. The molecular formula is C10H9N3O. The lowest BCUT2D eigenvalue weighted by Gasteiger charge is -1.92. The fourth-order valence-electron chi connectivity index (χ4n) is 0.975. The van der Waals surface area contributed by atoms with E-state index in [-0.39, 0.29) is 0 Å². The molecule has 1 heterocycles. The number of nitrogen functional groups attached to an aromatic ring is 1. The van der Waals surface area contributed by atoms with E-state index in [9.17, 15) is 0 Å². The van der Waals surface area contributed by atoms with E-state index in [0.29, 0.717) is 11.6 Å². The van der Waals surface area contributed by atoms with Crippen LogP contribution in [-0.2, 0) is 0 Å². The zero-order valence-electron chi connectivity index (χ0n) is 7.42. The van der Waals surface area contributed by atoms with E-state index < -0.39 is 0 Å². The first-order valence-electron chi connectivity index (χ1n) is 4.15. The third-order valence-electron chi connectivity index (χ3n) is 1.66. The van der Waals surface area contributed by atoms with Crippen LogP contribution in [0.25, 0.3) is 0 Å².